The van der Waals surface area contributed by atoms with Crippen molar-refractivity contribution in [2.75, 3.05) is 26.8 Å². The predicted molar refractivity (Wildman–Crippen MR) is 113 cm³/mol. The minimum absolute atomic E-state index is 0.0436. The number of rotatable bonds is 11. The van der Waals surface area contributed by atoms with Crippen LogP contribution in [0, 0.1) is 5.82 Å². The molecule has 0 bridgehead atoms. The third-order valence-electron chi connectivity index (χ3n) is 4.72. The Morgan fingerprint density at radius 2 is 1.70 bits per heavy atom. The number of alkyl halides is 3. The molecule has 0 spiro atoms. The van der Waals surface area contributed by atoms with Crippen LogP contribution in [0.4, 0.5) is 17.6 Å². The van der Waals surface area contributed by atoms with Gasteiger partial charge in [0.15, 0.2) is 18.1 Å². The molecule has 33 heavy (non-hydrogen) atoms. The van der Waals surface area contributed by atoms with Crippen molar-refractivity contribution in [3.63, 3.8) is 0 Å². The number of methoxy groups -OCH3 is 1. The Hall–Kier alpha value is -3.30. The van der Waals surface area contributed by atoms with Crippen molar-refractivity contribution in [3.05, 3.63) is 59.4 Å². The summed E-state index contributed by atoms with van der Waals surface area (Å²) in [5.74, 6) is -0.864. The molecule has 0 unspecified atom stereocenters. The second-order valence-electron chi connectivity index (χ2n) is 7.20. The summed E-state index contributed by atoms with van der Waals surface area (Å²) >= 11 is 0. The number of nitrogens with one attached hydrogen (secondary N) is 1. The number of aryl methyl sites for hydroxylation is 1. The average Bonchev–Trinajstić information content (AvgIpc) is 2.78. The second kappa shape index (κ2) is 12.1. The number of halogens is 4. The van der Waals surface area contributed by atoms with Crippen molar-refractivity contribution in [1.82, 2.24) is 10.2 Å². The number of amides is 2. The molecule has 0 aliphatic rings. The number of hydrogen-bond acceptors (Lipinski definition) is 4. The number of carbonyl (C=O) groups is 2. The van der Waals surface area contributed by atoms with Gasteiger partial charge in [-0.05, 0) is 48.7 Å². The zero-order valence-corrected chi connectivity index (χ0v) is 18.4. The summed E-state index contributed by atoms with van der Waals surface area (Å²) < 4.78 is 59.9. The van der Waals surface area contributed by atoms with Crippen LogP contribution < -0.4 is 14.8 Å². The lowest BCUT2D eigenvalue weighted by atomic mass is 10.1. The Bertz CT molecular complexity index is 933. The lowest BCUT2D eigenvalue weighted by Gasteiger charge is -2.20. The van der Waals surface area contributed by atoms with Crippen molar-refractivity contribution in [1.29, 1.82) is 0 Å². The number of ether oxygens (including phenoxy) is 2. The maximum absolute atomic E-state index is 12.9. The molecule has 0 aliphatic carbocycles. The Balaban J connectivity index is 1.86. The van der Waals surface area contributed by atoms with Gasteiger partial charge in [0.05, 0.1) is 13.7 Å². The lowest BCUT2D eigenvalue weighted by Crippen LogP contribution is -2.40. The molecule has 0 aliphatic heterocycles. The second-order valence-corrected chi connectivity index (χ2v) is 7.20. The molecule has 180 valence electrons. The van der Waals surface area contributed by atoms with Gasteiger partial charge in [-0.2, -0.15) is 13.2 Å². The van der Waals surface area contributed by atoms with E-state index in [2.05, 4.69) is 5.32 Å². The third-order valence-corrected chi connectivity index (χ3v) is 4.72. The van der Waals surface area contributed by atoms with Gasteiger partial charge >= 0.3 is 6.18 Å². The van der Waals surface area contributed by atoms with E-state index in [1.165, 1.54) is 36.3 Å². The van der Waals surface area contributed by atoms with Crippen LogP contribution in [0.5, 0.6) is 11.5 Å². The third kappa shape index (κ3) is 8.99. The highest BCUT2D eigenvalue weighted by molar-refractivity contribution is 5.84. The van der Waals surface area contributed by atoms with Crippen LogP contribution in [0.15, 0.2) is 42.5 Å². The van der Waals surface area contributed by atoms with Crippen LogP contribution in [0.1, 0.15) is 24.5 Å². The van der Waals surface area contributed by atoms with E-state index in [9.17, 15) is 27.2 Å². The van der Waals surface area contributed by atoms with Gasteiger partial charge in [0, 0.05) is 19.5 Å². The van der Waals surface area contributed by atoms with Crippen LogP contribution >= 0.6 is 0 Å². The van der Waals surface area contributed by atoms with Gasteiger partial charge in [0.2, 0.25) is 11.8 Å². The molecule has 0 heterocycles. The summed E-state index contributed by atoms with van der Waals surface area (Å²) in [4.78, 5) is 26.1. The maximum Gasteiger partial charge on any atom is 0.422 e. The summed E-state index contributed by atoms with van der Waals surface area (Å²) in [5, 5.41) is 2.69. The number of likely N-dealkylation sites (N-methyl/N-ethyl adjacent to an activating group) is 1. The number of hydrogen-bond donors (Lipinski definition) is 1. The molecule has 0 saturated heterocycles. The van der Waals surface area contributed by atoms with Gasteiger partial charge in [-0.25, -0.2) is 4.39 Å². The first-order chi connectivity index (χ1) is 15.6. The van der Waals surface area contributed by atoms with Crippen LogP contribution in [-0.2, 0) is 22.6 Å². The highest BCUT2D eigenvalue weighted by Crippen LogP contribution is 2.30. The molecule has 0 atom stereocenters. The lowest BCUT2D eigenvalue weighted by molar-refractivity contribution is -0.153. The Morgan fingerprint density at radius 3 is 2.30 bits per heavy atom. The molecule has 0 aromatic heterocycles. The number of benzene rings is 2. The number of nitrogens with zero attached hydrogens (tertiary/aromatic N) is 1. The van der Waals surface area contributed by atoms with Crippen molar-refractivity contribution in [3.8, 4) is 11.5 Å². The predicted octanol–water partition coefficient (Wildman–Crippen LogP) is 3.87. The minimum Gasteiger partial charge on any atom is -0.493 e. The zero-order chi connectivity index (χ0) is 24.4. The smallest absolute Gasteiger partial charge is 0.422 e. The highest BCUT2D eigenvalue weighted by atomic mass is 19.4. The molecular formula is C23H26F4N2O4. The van der Waals surface area contributed by atoms with E-state index in [0.717, 1.165) is 5.56 Å². The van der Waals surface area contributed by atoms with Crippen LogP contribution in [0.3, 0.4) is 0 Å². The van der Waals surface area contributed by atoms with E-state index in [1.807, 2.05) is 0 Å². The fourth-order valence-electron chi connectivity index (χ4n) is 2.96. The largest absolute Gasteiger partial charge is 0.493 e. The molecule has 6 nitrogen and oxygen atoms in total. The zero-order valence-electron chi connectivity index (χ0n) is 18.4. The first-order valence-electron chi connectivity index (χ1n) is 10.3. The monoisotopic (exact) mass is 470 g/mol. The van der Waals surface area contributed by atoms with Crippen LogP contribution in [-0.4, -0.2) is 49.7 Å². The standard InChI is InChI=1S/C23H26F4N2O4/c1-3-29(14-21(30)28-13-17-4-8-18(24)9-5-17)22(31)11-7-16-6-10-19(20(12-16)32-2)33-15-23(25,26)27/h4-6,8-10,12H,3,7,11,13-15H2,1-2H3,(H,28,30). The van der Waals surface area contributed by atoms with Crippen molar-refractivity contribution in [2.24, 2.45) is 0 Å². The SMILES string of the molecule is CCN(CC(=O)NCc1ccc(F)cc1)C(=O)CCc1ccc(OCC(F)(F)F)c(OC)c1. The quantitative estimate of drug-likeness (QED) is 0.507. The van der Waals surface area contributed by atoms with E-state index in [-0.39, 0.29) is 48.6 Å². The molecular weight excluding hydrogens is 444 g/mol. The molecule has 10 heteroatoms. The molecule has 2 aromatic carbocycles. The van der Waals surface area contributed by atoms with Gasteiger partial charge in [-0.3, -0.25) is 9.59 Å². The number of carbonyl (C=O) groups excluding carboxylic acids is 2. The summed E-state index contributed by atoms with van der Waals surface area (Å²) in [7, 11) is 1.31. The average molecular weight is 470 g/mol. The molecule has 0 fully saturated rings. The normalized spacial score (nSPS) is 11.1. The van der Waals surface area contributed by atoms with Crippen LogP contribution in [0.2, 0.25) is 0 Å². The maximum atomic E-state index is 12.9. The summed E-state index contributed by atoms with van der Waals surface area (Å²) in [6, 6.07) is 10.2. The van der Waals surface area contributed by atoms with E-state index < -0.39 is 12.8 Å². The van der Waals surface area contributed by atoms with Gasteiger partial charge in [-0.15, -0.1) is 0 Å². The van der Waals surface area contributed by atoms with Crippen molar-refractivity contribution < 1.29 is 36.6 Å². The fourth-order valence-corrected chi connectivity index (χ4v) is 2.96. The summed E-state index contributed by atoms with van der Waals surface area (Å²) in [5.41, 5.74) is 1.41. The highest BCUT2D eigenvalue weighted by Gasteiger charge is 2.29. The minimum atomic E-state index is -4.47. The van der Waals surface area contributed by atoms with Crippen molar-refractivity contribution in [2.45, 2.75) is 32.5 Å². The fraction of sp³-hybridized carbons (Fsp3) is 0.391. The first-order valence-corrected chi connectivity index (χ1v) is 10.3. The van der Waals surface area contributed by atoms with E-state index in [0.29, 0.717) is 18.5 Å². The topological polar surface area (TPSA) is 67.9 Å². The molecule has 2 aromatic rings. The molecule has 1 N–H and O–H groups in total. The Kier molecular flexibility index (Phi) is 9.50. The van der Waals surface area contributed by atoms with Gasteiger partial charge in [-0.1, -0.05) is 18.2 Å². The molecule has 2 amide bonds. The molecule has 0 saturated carbocycles. The van der Waals surface area contributed by atoms with Gasteiger partial charge < -0.3 is 19.7 Å². The van der Waals surface area contributed by atoms with Crippen LogP contribution in [0.25, 0.3) is 0 Å². The molecule has 0 radical (unpaired) electrons. The van der Waals surface area contributed by atoms with E-state index in [4.69, 9.17) is 9.47 Å². The summed E-state index contributed by atoms with van der Waals surface area (Å²) in [6.07, 6.45) is -4.06. The Morgan fingerprint density at radius 1 is 1.03 bits per heavy atom. The summed E-state index contributed by atoms with van der Waals surface area (Å²) in [6.45, 7) is 0.741. The van der Waals surface area contributed by atoms with Gasteiger partial charge in [0.25, 0.3) is 0 Å². The molecule has 2 rings (SSSR count). The van der Waals surface area contributed by atoms with Crippen molar-refractivity contribution >= 4 is 11.8 Å². The Labute approximate surface area is 189 Å². The van der Waals surface area contributed by atoms with E-state index >= 15 is 0 Å². The first kappa shape index (κ1) is 26.0. The van der Waals surface area contributed by atoms with E-state index in [1.54, 1.807) is 25.1 Å². The van der Waals surface area contributed by atoms with Gasteiger partial charge in [0.1, 0.15) is 5.82 Å².